The van der Waals surface area contributed by atoms with E-state index in [9.17, 15) is 19.8 Å². The molecule has 2 saturated carbocycles. The fourth-order valence-electron chi connectivity index (χ4n) is 5.57. The number of carbonyl (C=O) groups excluding carboxylic acids is 2. The van der Waals surface area contributed by atoms with E-state index < -0.39 is 6.10 Å². The molecule has 176 valence electrons. The fraction of sp³-hybridized carbons (Fsp3) is 0.630. The molecule has 5 nitrogen and oxygen atoms in total. The predicted molar refractivity (Wildman–Crippen MR) is 124 cm³/mol. The van der Waals surface area contributed by atoms with Crippen LogP contribution < -0.4 is 0 Å². The summed E-state index contributed by atoms with van der Waals surface area (Å²) in [6, 6.07) is 7.24. The second kappa shape index (κ2) is 10.8. The number of Topliss-reactive ketones (excluding diaryl/α,β-unsaturated/α-hetero) is 1. The Morgan fingerprint density at radius 1 is 1.25 bits per heavy atom. The fourth-order valence-corrected chi connectivity index (χ4v) is 5.57. The van der Waals surface area contributed by atoms with E-state index in [1.807, 2.05) is 24.3 Å². The lowest BCUT2D eigenvalue weighted by atomic mass is 9.60. The largest absolute Gasteiger partial charge is 0.465 e. The third-order valence-corrected chi connectivity index (χ3v) is 7.44. The number of esters is 1. The summed E-state index contributed by atoms with van der Waals surface area (Å²) in [6.07, 6.45) is 9.46. The highest BCUT2D eigenvalue weighted by Gasteiger charge is 2.43. The van der Waals surface area contributed by atoms with Gasteiger partial charge < -0.3 is 14.9 Å². The highest BCUT2D eigenvalue weighted by Crippen LogP contribution is 2.49. The zero-order valence-electron chi connectivity index (χ0n) is 19.6. The molecule has 0 aliphatic heterocycles. The monoisotopic (exact) mass is 442 g/mol. The van der Waals surface area contributed by atoms with Crippen molar-refractivity contribution in [3.63, 3.8) is 0 Å². The second-order valence-electron chi connectivity index (χ2n) is 10.1. The lowest BCUT2D eigenvalue weighted by molar-refractivity contribution is -0.121. The number of hydrogen-bond acceptors (Lipinski definition) is 5. The van der Waals surface area contributed by atoms with Crippen LogP contribution in [0.5, 0.6) is 0 Å². The molecule has 2 fully saturated rings. The van der Waals surface area contributed by atoms with Crippen molar-refractivity contribution < 1.29 is 24.5 Å². The van der Waals surface area contributed by atoms with Gasteiger partial charge in [-0.3, -0.25) is 4.79 Å². The van der Waals surface area contributed by atoms with Crippen molar-refractivity contribution in [2.45, 2.75) is 77.4 Å². The number of methoxy groups -OCH3 is 1. The van der Waals surface area contributed by atoms with Crippen molar-refractivity contribution >= 4 is 11.8 Å². The Morgan fingerprint density at radius 2 is 1.94 bits per heavy atom. The highest BCUT2D eigenvalue weighted by molar-refractivity contribution is 5.89. The molecular weight excluding hydrogens is 404 g/mol. The van der Waals surface area contributed by atoms with Crippen LogP contribution in [0.25, 0.3) is 0 Å². The number of ether oxygens (including phenoxy) is 1. The molecule has 0 saturated heterocycles. The summed E-state index contributed by atoms with van der Waals surface area (Å²) < 4.78 is 4.73. The minimum atomic E-state index is -0.657. The van der Waals surface area contributed by atoms with Gasteiger partial charge in [0.15, 0.2) is 0 Å². The number of aliphatic hydroxyl groups is 2. The van der Waals surface area contributed by atoms with Crippen LogP contribution in [0.4, 0.5) is 0 Å². The normalized spacial score (nSPS) is 25.8. The summed E-state index contributed by atoms with van der Waals surface area (Å²) in [5, 5.41) is 21.3. The molecule has 0 aromatic heterocycles. The first-order valence-electron chi connectivity index (χ1n) is 12.0. The highest BCUT2D eigenvalue weighted by atomic mass is 16.5. The maximum Gasteiger partial charge on any atom is 0.337 e. The molecule has 1 aromatic carbocycles. The quantitative estimate of drug-likeness (QED) is 0.412. The first-order valence-corrected chi connectivity index (χ1v) is 12.0. The van der Waals surface area contributed by atoms with Crippen LogP contribution in [0, 0.1) is 23.2 Å². The third-order valence-electron chi connectivity index (χ3n) is 7.44. The van der Waals surface area contributed by atoms with Gasteiger partial charge in [-0.1, -0.05) is 44.6 Å². The molecule has 2 N–H and O–H groups in total. The molecule has 0 spiro atoms. The second-order valence-corrected chi connectivity index (χ2v) is 10.1. The van der Waals surface area contributed by atoms with Crippen LogP contribution >= 0.6 is 0 Å². The Hall–Kier alpha value is -1.98. The minimum Gasteiger partial charge on any atom is -0.465 e. The molecule has 2 unspecified atom stereocenters. The summed E-state index contributed by atoms with van der Waals surface area (Å²) in [5.41, 5.74) is 1.59. The van der Waals surface area contributed by atoms with Gasteiger partial charge in [-0.25, -0.2) is 4.79 Å². The van der Waals surface area contributed by atoms with Crippen molar-refractivity contribution in [2.24, 2.45) is 23.2 Å². The smallest absolute Gasteiger partial charge is 0.337 e. The maximum atomic E-state index is 12.5. The van der Waals surface area contributed by atoms with E-state index in [4.69, 9.17) is 4.74 Å². The van der Waals surface area contributed by atoms with Gasteiger partial charge in [0.1, 0.15) is 5.78 Å². The van der Waals surface area contributed by atoms with E-state index in [1.165, 1.54) is 13.5 Å². The number of rotatable bonds is 10. The van der Waals surface area contributed by atoms with Crippen LogP contribution in [0.3, 0.4) is 0 Å². The Morgan fingerprint density at radius 3 is 2.50 bits per heavy atom. The molecule has 5 heteroatoms. The summed E-state index contributed by atoms with van der Waals surface area (Å²) in [5.74, 6) is -0.114. The Bertz CT molecular complexity index is 806. The topological polar surface area (TPSA) is 83.8 Å². The van der Waals surface area contributed by atoms with Gasteiger partial charge in [-0.05, 0) is 67.6 Å². The molecule has 1 aromatic rings. The summed E-state index contributed by atoms with van der Waals surface area (Å²) >= 11 is 0. The van der Waals surface area contributed by atoms with E-state index >= 15 is 0 Å². The van der Waals surface area contributed by atoms with E-state index in [-0.39, 0.29) is 41.5 Å². The van der Waals surface area contributed by atoms with Gasteiger partial charge in [0.05, 0.1) is 24.9 Å². The number of benzene rings is 1. The molecule has 4 atom stereocenters. The standard InChI is InChI=1S/C27H38O5/c1-18(2)17-27(14-5-15-27)25(30)7-4-6-21-22(24(29)16-23(21)28)13-10-19-8-11-20(12-9-19)26(31)32-3/h4,6,8-9,11-12,18,21-23,25,28,30H,5,7,10,13-17H2,1-3H3/t21-,22-,23?,25?/m1/s1. The molecule has 0 amide bonds. The Kier molecular flexibility index (Phi) is 8.29. The summed E-state index contributed by atoms with van der Waals surface area (Å²) in [4.78, 5) is 24.1. The van der Waals surface area contributed by atoms with E-state index in [0.29, 0.717) is 30.7 Å². The van der Waals surface area contributed by atoms with Crippen molar-refractivity contribution in [2.75, 3.05) is 7.11 Å². The molecule has 3 rings (SSSR count). The number of carbonyl (C=O) groups is 2. The maximum absolute atomic E-state index is 12.5. The zero-order valence-corrected chi connectivity index (χ0v) is 19.6. The van der Waals surface area contributed by atoms with Crippen molar-refractivity contribution in [1.29, 1.82) is 0 Å². The van der Waals surface area contributed by atoms with Gasteiger partial charge in [0.25, 0.3) is 0 Å². The zero-order chi connectivity index (χ0) is 23.3. The van der Waals surface area contributed by atoms with Gasteiger partial charge in [0.2, 0.25) is 0 Å². The summed E-state index contributed by atoms with van der Waals surface area (Å²) in [7, 11) is 1.36. The average Bonchev–Trinajstić information content (AvgIpc) is 3.01. The number of aliphatic hydroxyl groups excluding tert-OH is 2. The van der Waals surface area contributed by atoms with Crippen molar-refractivity contribution in [3.05, 3.63) is 47.5 Å². The van der Waals surface area contributed by atoms with E-state index in [1.54, 1.807) is 12.1 Å². The first kappa shape index (κ1) is 24.7. The molecule has 0 radical (unpaired) electrons. The van der Waals surface area contributed by atoms with Crippen LogP contribution in [-0.4, -0.2) is 41.3 Å². The van der Waals surface area contributed by atoms with Gasteiger partial charge in [-0.2, -0.15) is 0 Å². The van der Waals surface area contributed by atoms with Crippen molar-refractivity contribution in [3.8, 4) is 0 Å². The lowest BCUT2D eigenvalue weighted by Crippen LogP contribution is -2.42. The number of aryl methyl sites for hydroxylation is 1. The summed E-state index contributed by atoms with van der Waals surface area (Å²) in [6.45, 7) is 4.41. The Balaban J connectivity index is 1.58. The van der Waals surface area contributed by atoms with Crippen LogP contribution in [0.15, 0.2) is 36.4 Å². The van der Waals surface area contributed by atoms with Gasteiger partial charge in [0, 0.05) is 18.3 Å². The third kappa shape index (κ3) is 5.68. The van der Waals surface area contributed by atoms with Crippen LogP contribution in [0.1, 0.15) is 74.7 Å². The number of hydrogen-bond donors (Lipinski definition) is 2. The molecule has 2 aliphatic rings. The molecule has 0 bridgehead atoms. The van der Waals surface area contributed by atoms with E-state index in [2.05, 4.69) is 13.8 Å². The molecular formula is C27H38O5. The molecule has 32 heavy (non-hydrogen) atoms. The average molecular weight is 443 g/mol. The van der Waals surface area contributed by atoms with Crippen LogP contribution in [0.2, 0.25) is 0 Å². The Labute approximate surface area is 191 Å². The van der Waals surface area contributed by atoms with E-state index in [0.717, 1.165) is 24.8 Å². The predicted octanol–water partition coefficient (Wildman–Crippen LogP) is 4.50. The number of ketones is 1. The molecule has 0 heterocycles. The SMILES string of the molecule is COC(=O)c1ccc(CC[C@H]2C(=O)CC(O)[C@@H]2C=CCC(O)C2(CC(C)C)CCC2)cc1. The van der Waals surface area contributed by atoms with Crippen molar-refractivity contribution in [1.82, 2.24) is 0 Å². The van der Waals surface area contributed by atoms with Gasteiger partial charge in [-0.15, -0.1) is 0 Å². The minimum absolute atomic E-state index is 0.0401. The molecule has 2 aliphatic carbocycles. The van der Waals surface area contributed by atoms with Gasteiger partial charge >= 0.3 is 5.97 Å². The lowest BCUT2D eigenvalue weighted by Gasteiger charge is -2.46. The first-order chi connectivity index (χ1) is 15.3. The van der Waals surface area contributed by atoms with Crippen LogP contribution in [-0.2, 0) is 16.0 Å².